The molecule has 2 amide bonds. The van der Waals surface area contributed by atoms with E-state index in [1.165, 1.54) is 16.2 Å². The van der Waals surface area contributed by atoms with Crippen molar-refractivity contribution in [2.24, 2.45) is 0 Å². The van der Waals surface area contributed by atoms with Gasteiger partial charge in [-0.2, -0.15) is 4.39 Å². The second kappa shape index (κ2) is 8.52. The van der Waals surface area contributed by atoms with E-state index in [2.05, 4.69) is 0 Å². The summed E-state index contributed by atoms with van der Waals surface area (Å²) in [6, 6.07) is 3.55. The summed E-state index contributed by atoms with van der Waals surface area (Å²) in [5.74, 6) is -1.66. The lowest BCUT2D eigenvalue weighted by atomic mass is 10.3. The van der Waals surface area contributed by atoms with E-state index in [-0.39, 0.29) is 19.0 Å². The summed E-state index contributed by atoms with van der Waals surface area (Å²) in [5, 5.41) is 1.83. The second-order valence-electron chi connectivity index (χ2n) is 7.18. The molecule has 9 nitrogen and oxygen atoms in total. The average Bonchev–Trinajstić information content (AvgIpc) is 3.47. The number of hydrogen-bond acceptors (Lipinski definition) is 6. The quantitative estimate of drug-likeness (QED) is 0.696. The molecule has 0 spiro atoms. The largest absolute Gasteiger partial charge is 0.358 e. The highest BCUT2D eigenvalue weighted by Gasteiger charge is 2.27. The number of piperazine rings is 1. The molecule has 4 rings (SSSR count). The highest BCUT2D eigenvalue weighted by Crippen LogP contribution is 2.20. The molecule has 0 radical (unpaired) electrons. The Morgan fingerprint density at radius 3 is 2.53 bits per heavy atom. The molecule has 0 bridgehead atoms. The number of amides is 2. The number of nitrogens with zero attached hydrogens (tertiary/aromatic N) is 4. The van der Waals surface area contributed by atoms with Crippen molar-refractivity contribution in [3.8, 4) is 0 Å². The Hall–Kier alpha value is -2.79. The first kappa shape index (κ1) is 20.5. The maximum Gasteiger partial charge on any atom is 0.333 e. The molecule has 2 aromatic rings. The lowest BCUT2D eigenvalue weighted by Gasteiger charge is -2.34. The van der Waals surface area contributed by atoms with Gasteiger partial charge in [-0.1, -0.05) is 6.07 Å². The number of halogens is 1. The van der Waals surface area contributed by atoms with Crippen molar-refractivity contribution in [1.29, 1.82) is 0 Å². The van der Waals surface area contributed by atoms with Gasteiger partial charge in [-0.25, -0.2) is 9.36 Å². The minimum absolute atomic E-state index is 0.0853. The van der Waals surface area contributed by atoms with Crippen LogP contribution >= 0.6 is 11.3 Å². The van der Waals surface area contributed by atoms with Crippen LogP contribution in [0.5, 0.6) is 0 Å². The number of aromatic nitrogens is 2. The molecule has 2 saturated heterocycles. The zero-order valence-electron chi connectivity index (χ0n) is 16.2. The van der Waals surface area contributed by atoms with E-state index in [4.69, 9.17) is 4.74 Å². The zero-order valence-corrected chi connectivity index (χ0v) is 17.0. The predicted molar refractivity (Wildman–Crippen MR) is 106 cm³/mol. The molecule has 0 saturated carbocycles. The van der Waals surface area contributed by atoms with Crippen LogP contribution in [0.25, 0.3) is 0 Å². The Morgan fingerprint density at radius 2 is 1.90 bits per heavy atom. The Morgan fingerprint density at radius 1 is 1.17 bits per heavy atom. The molecule has 2 fully saturated rings. The average molecular weight is 436 g/mol. The summed E-state index contributed by atoms with van der Waals surface area (Å²) in [7, 11) is 0. The zero-order chi connectivity index (χ0) is 21.3. The Bertz CT molecular complexity index is 1050. The first-order valence-electron chi connectivity index (χ1n) is 9.69. The molecular formula is C19H21FN4O5S. The summed E-state index contributed by atoms with van der Waals surface area (Å²) in [5.41, 5.74) is -1.90. The van der Waals surface area contributed by atoms with Gasteiger partial charge in [0, 0.05) is 32.8 Å². The fraction of sp³-hybridized carbons (Fsp3) is 0.474. The van der Waals surface area contributed by atoms with Gasteiger partial charge in [0.25, 0.3) is 11.5 Å². The number of thiophene rings is 1. The molecular weight excluding hydrogens is 415 g/mol. The van der Waals surface area contributed by atoms with Gasteiger partial charge in [0.15, 0.2) is 0 Å². The lowest BCUT2D eigenvalue weighted by Crippen LogP contribution is -2.53. The molecule has 0 aromatic carbocycles. The molecule has 4 heterocycles. The predicted octanol–water partition coefficient (Wildman–Crippen LogP) is 0.504. The van der Waals surface area contributed by atoms with Gasteiger partial charge in [-0.3, -0.25) is 19.0 Å². The van der Waals surface area contributed by atoms with Gasteiger partial charge in [0.05, 0.1) is 11.1 Å². The molecule has 2 aliphatic heterocycles. The molecule has 0 aliphatic carbocycles. The van der Waals surface area contributed by atoms with Crippen LogP contribution in [0.2, 0.25) is 0 Å². The van der Waals surface area contributed by atoms with Crippen LogP contribution in [-0.2, 0) is 16.1 Å². The first-order valence-corrected chi connectivity index (χ1v) is 10.6. The van der Waals surface area contributed by atoms with Crippen LogP contribution in [0, 0.1) is 5.82 Å². The normalized spacial score (nSPS) is 19.3. The Kier molecular flexibility index (Phi) is 5.82. The van der Waals surface area contributed by atoms with Crippen LogP contribution < -0.4 is 11.2 Å². The molecule has 0 unspecified atom stereocenters. The first-order chi connectivity index (χ1) is 14.5. The van der Waals surface area contributed by atoms with E-state index in [9.17, 15) is 23.6 Å². The van der Waals surface area contributed by atoms with Crippen LogP contribution in [0.1, 0.15) is 28.7 Å². The molecule has 11 heteroatoms. The third-order valence-electron chi connectivity index (χ3n) is 5.31. The van der Waals surface area contributed by atoms with E-state index in [1.54, 1.807) is 17.0 Å². The number of rotatable bonds is 4. The van der Waals surface area contributed by atoms with Crippen LogP contribution in [-0.4, -0.2) is 63.5 Å². The topological polar surface area (TPSA) is 93.8 Å². The van der Waals surface area contributed by atoms with Gasteiger partial charge in [0.1, 0.15) is 12.8 Å². The highest BCUT2D eigenvalue weighted by atomic mass is 32.1. The van der Waals surface area contributed by atoms with E-state index in [0.29, 0.717) is 35.6 Å². The number of hydrogen-bond donors (Lipinski definition) is 0. The third kappa shape index (κ3) is 3.94. The van der Waals surface area contributed by atoms with Crippen molar-refractivity contribution in [2.75, 3.05) is 32.8 Å². The second-order valence-corrected chi connectivity index (χ2v) is 8.12. The standard InChI is InChI=1S/C19H21FN4O5S/c20-13-11-23(16-4-1-9-29-16)19(28)24(17(13)26)12-15(25)21-5-7-22(8-6-21)18(27)14-3-2-10-30-14/h2-3,10-11,16H,1,4-9,12H2/t16-/m0/s1. The Balaban J connectivity index is 1.45. The van der Waals surface area contributed by atoms with Gasteiger partial charge in [0.2, 0.25) is 11.7 Å². The van der Waals surface area contributed by atoms with Gasteiger partial charge < -0.3 is 14.5 Å². The van der Waals surface area contributed by atoms with E-state index >= 15 is 0 Å². The summed E-state index contributed by atoms with van der Waals surface area (Å²) < 4.78 is 21.2. The monoisotopic (exact) mass is 436 g/mol. The minimum Gasteiger partial charge on any atom is -0.358 e. The number of carbonyl (C=O) groups is 2. The van der Waals surface area contributed by atoms with Crippen LogP contribution in [0.3, 0.4) is 0 Å². The van der Waals surface area contributed by atoms with Gasteiger partial charge >= 0.3 is 5.69 Å². The third-order valence-corrected chi connectivity index (χ3v) is 6.17. The SMILES string of the molecule is O=C(Cn1c(=O)c(F)cn([C@@H]2CCCO2)c1=O)N1CCN(C(=O)c2cccs2)CC1. The Labute approximate surface area is 174 Å². The fourth-order valence-electron chi connectivity index (χ4n) is 3.66. The van der Waals surface area contributed by atoms with Crippen molar-refractivity contribution in [2.45, 2.75) is 25.6 Å². The number of ether oxygens (including phenoxy) is 1. The smallest absolute Gasteiger partial charge is 0.333 e. The summed E-state index contributed by atoms with van der Waals surface area (Å²) in [4.78, 5) is 53.7. The molecule has 2 aliphatic rings. The number of carbonyl (C=O) groups excluding carboxylic acids is 2. The van der Waals surface area contributed by atoms with E-state index in [1.807, 2.05) is 5.38 Å². The van der Waals surface area contributed by atoms with Crippen molar-refractivity contribution in [1.82, 2.24) is 18.9 Å². The maximum atomic E-state index is 14.1. The van der Waals surface area contributed by atoms with Gasteiger partial charge in [-0.15, -0.1) is 11.3 Å². The maximum absolute atomic E-state index is 14.1. The van der Waals surface area contributed by atoms with Crippen molar-refractivity contribution >= 4 is 23.2 Å². The summed E-state index contributed by atoms with van der Waals surface area (Å²) >= 11 is 1.36. The van der Waals surface area contributed by atoms with Crippen molar-refractivity contribution < 1.29 is 18.7 Å². The molecule has 2 aromatic heterocycles. The molecule has 1 atom stereocenters. The lowest BCUT2D eigenvalue weighted by molar-refractivity contribution is -0.133. The van der Waals surface area contributed by atoms with Crippen LogP contribution in [0.15, 0.2) is 33.3 Å². The van der Waals surface area contributed by atoms with E-state index in [0.717, 1.165) is 17.2 Å². The molecule has 30 heavy (non-hydrogen) atoms. The van der Waals surface area contributed by atoms with Crippen LogP contribution in [0.4, 0.5) is 4.39 Å². The van der Waals surface area contributed by atoms with Crippen molar-refractivity contribution in [3.05, 3.63) is 55.2 Å². The summed E-state index contributed by atoms with van der Waals surface area (Å²) in [6.45, 7) is 1.15. The van der Waals surface area contributed by atoms with E-state index < -0.39 is 35.7 Å². The van der Waals surface area contributed by atoms with Crippen molar-refractivity contribution in [3.63, 3.8) is 0 Å². The fourth-order valence-corrected chi connectivity index (χ4v) is 4.35. The molecule has 160 valence electrons. The summed E-state index contributed by atoms with van der Waals surface area (Å²) in [6.07, 6.45) is 1.47. The van der Waals surface area contributed by atoms with Gasteiger partial charge in [-0.05, 0) is 24.3 Å². The highest BCUT2D eigenvalue weighted by molar-refractivity contribution is 7.12. The minimum atomic E-state index is -1.13. The molecule has 0 N–H and O–H groups in total.